The number of likely N-dealkylation sites (tertiary alicyclic amines) is 1. The van der Waals surface area contributed by atoms with Gasteiger partial charge in [0.15, 0.2) is 0 Å². The highest BCUT2D eigenvalue weighted by molar-refractivity contribution is 5.97. The van der Waals surface area contributed by atoms with E-state index in [1.807, 2.05) is 17.0 Å². The number of piperazine rings is 1. The fourth-order valence-corrected chi connectivity index (χ4v) is 6.71. The molecule has 50 heavy (non-hydrogen) atoms. The van der Waals surface area contributed by atoms with Gasteiger partial charge in [0.1, 0.15) is 18.1 Å². The molecule has 270 valence electrons. The van der Waals surface area contributed by atoms with Crippen molar-refractivity contribution in [2.24, 2.45) is 0 Å². The summed E-state index contributed by atoms with van der Waals surface area (Å²) in [5.74, 6) is -0.977. The number of piperidine rings is 1. The number of aliphatic hydroxyl groups excluding tert-OH is 1. The van der Waals surface area contributed by atoms with Crippen LogP contribution in [0, 0.1) is 0 Å². The molecule has 0 aliphatic carbocycles. The second-order valence-corrected chi connectivity index (χ2v) is 12.2. The first kappa shape index (κ1) is 36.7. The van der Waals surface area contributed by atoms with Crippen LogP contribution < -0.4 is 14.4 Å². The Balaban J connectivity index is 1.50. The maximum absolute atomic E-state index is 14.8. The van der Waals surface area contributed by atoms with Crippen LogP contribution in [0.2, 0.25) is 0 Å². The van der Waals surface area contributed by atoms with E-state index in [1.165, 1.54) is 4.90 Å². The molecule has 15 heteroatoms. The number of rotatable bonds is 10. The highest BCUT2D eigenvalue weighted by Crippen LogP contribution is 2.41. The largest absolute Gasteiger partial charge is 0.489 e. The van der Waals surface area contributed by atoms with Gasteiger partial charge in [0, 0.05) is 51.5 Å². The topological polar surface area (TPSA) is 95.4 Å². The van der Waals surface area contributed by atoms with E-state index < -0.39 is 52.5 Å². The number of halogens is 6. The number of hydrogen-bond donors (Lipinski definition) is 1. The van der Waals surface area contributed by atoms with Gasteiger partial charge < -0.3 is 29.3 Å². The highest BCUT2D eigenvalue weighted by atomic mass is 19.4. The first-order valence-electron chi connectivity index (χ1n) is 16.4. The molecule has 2 atom stereocenters. The maximum atomic E-state index is 14.8. The second-order valence-electron chi connectivity index (χ2n) is 12.2. The molecule has 0 spiro atoms. The Hall–Kier alpha value is -4.53. The predicted octanol–water partition coefficient (Wildman–Crippen LogP) is 6.06. The number of ether oxygens (including phenoxy) is 2. The fraction of sp³-hybridized carbons (Fsp3) is 0.457. The summed E-state index contributed by atoms with van der Waals surface area (Å²) in [6, 6.07) is 10.8. The summed E-state index contributed by atoms with van der Waals surface area (Å²) >= 11 is 0. The zero-order chi connectivity index (χ0) is 36.1. The zero-order valence-corrected chi connectivity index (χ0v) is 27.3. The van der Waals surface area contributed by atoms with Crippen LogP contribution in [0.15, 0.2) is 67.0 Å². The highest BCUT2D eigenvalue weighted by Gasteiger charge is 2.56. The monoisotopic (exact) mass is 708 g/mol. The van der Waals surface area contributed by atoms with E-state index in [9.17, 15) is 41.0 Å². The van der Waals surface area contributed by atoms with Gasteiger partial charge in [0.05, 0.1) is 35.0 Å². The summed E-state index contributed by atoms with van der Waals surface area (Å²) in [4.78, 5) is 37.4. The third kappa shape index (κ3) is 7.77. The van der Waals surface area contributed by atoms with Crippen molar-refractivity contribution in [3.05, 3.63) is 83.7 Å². The minimum Gasteiger partial charge on any atom is -0.489 e. The van der Waals surface area contributed by atoms with Gasteiger partial charge in [-0.3, -0.25) is 14.6 Å². The molecule has 0 bridgehead atoms. The van der Waals surface area contributed by atoms with Gasteiger partial charge in [-0.25, -0.2) is 0 Å². The number of benzene rings is 2. The standard InChI is InChI=1S/C35H38F6N4O5/c1-2-6-30-33(50-25-11-9-24(10-12-25)34(36,37)38,14-5-16-45(30)31(47)26-23-42-15-13-27(26)35(39,40)41)32(48)44-19-17-43(18-20-44)28-7-3-4-8-29(28)49-22-21-46/h3-4,7-13,15,23,30,46H,2,5-6,14,16-22H2,1H3/t30-,33+/m1/s1. The van der Waals surface area contributed by atoms with Crippen molar-refractivity contribution in [2.45, 2.75) is 56.6 Å². The molecule has 0 radical (unpaired) electrons. The molecule has 9 nitrogen and oxygen atoms in total. The quantitative estimate of drug-likeness (QED) is 0.256. The minimum atomic E-state index is -4.85. The number of nitrogens with zero attached hydrogens (tertiary/aromatic N) is 4. The molecule has 2 aliphatic rings. The molecular formula is C35H38F6N4O5. The molecule has 2 fully saturated rings. The van der Waals surface area contributed by atoms with Crippen LogP contribution in [0.4, 0.5) is 32.0 Å². The van der Waals surface area contributed by atoms with E-state index >= 15 is 0 Å². The Labute approximate surface area is 285 Å². The number of carbonyl (C=O) groups is 2. The Kier molecular flexibility index (Phi) is 11.1. The molecule has 1 aromatic heterocycles. The minimum absolute atomic E-state index is 0.0273. The normalized spacial score (nSPS) is 20.1. The summed E-state index contributed by atoms with van der Waals surface area (Å²) in [5, 5.41) is 9.23. The number of hydrogen-bond acceptors (Lipinski definition) is 7. The first-order valence-corrected chi connectivity index (χ1v) is 16.4. The van der Waals surface area contributed by atoms with E-state index in [0.29, 0.717) is 25.3 Å². The van der Waals surface area contributed by atoms with Gasteiger partial charge in [0.2, 0.25) is 5.60 Å². The lowest BCUT2D eigenvalue weighted by molar-refractivity contribution is -0.159. The van der Waals surface area contributed by atoms with Crippen LogP contribution in [0.1, 0.15) is 54.1 Å². The molecule has 2 aliphatic heterocycles. The van der Waals surface area contributed by atoms with Crippen LogP contribution in [-0.4, -0.2) is 89.3 Å². The molecule has 2 aromatic carbocycles. The molecule has 0 saturated carbocycles. The van der Waals surface area contributed by atoms with E-state index in [1.54, 1.807) is 24.0 Å². The van der Waals surface area contributed by atoms with Gasteiger partial charge in [-0.1, -0.05) is 25.5 Å². The van der Waals surface area contributed by atoms with Crippen molar-refractivity contribution in [3.8, 4) is 11.5 Å². The van der Waals surface area contributed by atoms with E-state index in [-0.39, 0.29) is 57.9 Å². The third-order valence-corrected chi connectivity index (χ3v) is 9.01. The smallest absolute Gasteiger partial charge is 0.417 e. The second kappa shape index (κ2) is 15.2. The Morgan fingerprint density at radius 2 is 1.64 bits per heavy atom. The predicted molar refractivity (Wildman–Crippen MR) is 171 cm³/mol. The van der Waals surface area contributed by atoms with Gasteiger partial charge in [-0.15, -0.1) is 0 Å². The molecule has 2 saturated heterocycles. The summed E-state index contributed by atoms with van der Waals surface area (Å²) in [6.07, 6.45) is -6.86. The summed E-state index contributed by atoms with van der Waals surface area (Å²) in [6.45, 7) is 2.90. The third-order valence-electron chi connectivity index (χ3n) is 9.01. The maximum Gasteiger partial charge on any atom is 0.417 e. The SMILES string of the molecule is CCC[C@H]1N(C(=O)c2cnccc2C(F)(F)F)CCC[C@@]1(Oc1ccc(C(F)(F)F)cc1)C(=O)N1CCN(c2ccccc2OCCO)CC1. The number of amides is 2. The number of alkyl halides is 6. The molecule has 3 aromatic rings. The lowest BCUT2D eigenvalue weighted by Gasteiger charge is -2.51. The fourth-order valence-electron chi connectivity index (χ4n) is 6.71. The van der Waals surface area contributed by atoms with Crippen LogP contribution in [0.3, 0.4) is 0 Å². The molecule has 5 rings (SSSR count). The Morgan fingerprint density at radius 1 is 0.940 bits per heavy atom. The average molecular weight is 709 g/mol. The lowest BCUT2D eigenvalue weighted by atomic mass is 9.79. The number of aromatic nitrogens is 1. The number of para-hydroxylation sites is 2. The average Bonchev–Trinajstić information content (AvgIpc) is 3.10. The van der Waals surface area contributed by atoms with E-state index in [4.69, 9.17) is 9.47 Å². The molecule has 2 amide bonds. The lowest BCUT2D eigenvalue weighted by Crippen LogP contribution is -2.69. The first-order chi connectivity index (χ1) is 23.8. The van der Waals surface area contributed by atoms with Crippen LogP contribution in [0.25, 0.3) is 0 Å². The summed E-state index contributed by atoms with van der Waals surface area (Å²) < 4.78 is 94.3. The van der Waals surface area contributed by atoms with Crippen molar-refractivity contribution in [1.29, 1.82) is 0 Å². The number of pyridine rings is 1. The number of aliphatic hydroxyl groups is 1. The van der Waals surface area contributed by atoms with Crippen molar-refractivity contribution < 1.29 is 50.5 Å². The van der Waals surface area contributed by atoms with Crippen molar-refractivity contribution in [3.63, 3.8) is 0 Å². The van der Waals surface area contributed by atoms with Crippen LogP contribution in [0.5, 0.6) is 11.5 Å². The summed E-state index contributed by atoms with van der Waals surface area (Å²) in [7, 11) is 0. The number of anilines is 1. The molecule has 1 N–H and O–H groups in total. The van der Waals surface area contributed by atoms with E-state index in [0.717, 1.165) is 48.4 Å². The van der Waals surface area contributed by atoms with Gasteiger partial charge in [-0.2, -0.15) is 26.3 Å². The Morgan fingerprint density at radius 3 is 2.28 bits per heavy atom. The molecular weight excluding hydrogens is 670 g/mol. The molecule has 3 heterocycles. The van der Waals surface area contributed by atoms with Crippen molar-refractivity contribution in [2.75, 3.05) is 50.8 Å². The number of carbonyl (C=O) groups excluding carboxylic acids is 2. The van der Waals surface area contributed by atoms with Crippen LogP contribution >= 0.6 is 0 Å². The van der Waals surface area contributed by atoms with Gasteiger partial charge >= 0.3 is 12.4 Å². The van der Waals surface area contributed by atoms with E-state index in [2.05, 4.69) is 4.98 Å². The van der Waals surface area contributed by atoms with Gasteiger partial charge in [-0.05, 0) is 55.3 Å². The van der Waals surface area contributed by atoms with Crippen molar-refractivity contribution in [1.82, 2.24) is 14.8 Å². The van der Waals surface area contributed by atoms with Crippen molar-refractivity contribution >= 4 is 17.5 Å². The molecule has 0 unspecified atom stereocenters. The van der Waals surface area contributed by atoms with Gasteiger partial charge in [0.25, 0.3) is 11.8 Å². The summed E-state index contributed by atoms with van der Waals surface area (Å²) in [5.41, 5.74) is -3.83. The van der Waals surface area contributed by atoms with Crippen LogP contribution in [-0.2, 0) is 17.1 Å². The Bertz CT molecular complexity index is 1630. The zero-order valence-electron chi connectivity index (χ0n) is 27.3.